The summed E-state index contributed by atoms with van der Waals surface area (Å²) in [5.41, 5.74) is 2.40. The Bertz CT molecular complexity index is 608. The van der Waals surface area contributed by atoms with Crippen molar-refractivity contribution in [3.05, 3.63) is 59.9 Å². The van der Waals surface area contributed by atoms with Crippen LogP contribution in [0.4, 0.5) is 0 Å². The molecule has 0 saturated heterocycles. The molecule has 2 aromatic rings. The highest BCUT2D eigenvalue weighted by Gasteiger charge is 2.02. The number of nitrogens with zero attached hydrogens (tertiary/aromatic N) is 2. The smallest absolute Gasteiger partial charge is 0.191 e. The number of rotatable bonds is 9. The predicted octanol–water partition coefficient (Wildman–Crippen LogP) is 2.78. The molecule has 1 aromatic heterocycles. The Morgan fingerprint density at radius 2 is 1.79 bits per heavy atom. The number of ether oxygens (including phenoxy) is 1. The number of nitrogens with one attached hydrogen (secondary N) is 2. The maximum Gasteiger partial charge on any atom is 0.191 e. The average molecular weight is 328 g/mol. The molecule has 5 nitrogen and oxygen atoms in total. The number of aromatic nitrogens is 1. The van der Waals surface area contributed by atoms with E-state index in [1.54, 1.807) is 0 Å². The van der Waals surface area contributed by atoms with Gasteiger partial charge in [-0.25, -0.2) is 4.99 Å². The molecule has 0 aliphatic rings. The topological polar surface area (TPSA) is 50.6 Å². The lowest BCUT2D eigenvalue weighted by Gasteiger charge is -2.13. The normalized spacial score (nSPS) is 11.5. The molecule has 2 rings (SSSR count). The van der Waals surface area contributed by atoms with Crippen LogP contribution in [0.2, 0.25) is 0 Å². The van der Waals surface area contributed by atoms with E-state index in [1.807, 2.05) is 31.2 Å². The van der Waals surface area contributed by atoms with Crippen LogP contribution < -0.4 is 10.6 Å². The highest BCUT2D eigenvalue weighted by molar-refractivity contribution is 5.79. The maximum absolute atomic E-state index is 5.54. The Hall–Kier alpha value is -2.27. The van der Waals surface area contributed by atoms with E-state index in [1.165, 1.54) is 11.1 Å². The van der Waals surface area contributed by atoms with E-state index in [0.717, 1.165) is 32.2 Å². The van der Waals surface area contributed by atoms with Gasteiger partial charge in [-0.05, 0) is 37.1 Å². The number of hydrogen-bond acceptors (Lipinski definition) is 2. The first-order valence-corrected chi connectivity index (χ1v) is 8.61. The van der Waals surface area contributed by atoms with Crippen molar-refractivity contribution >= 4 is 5.96 Å². The minimum absolute atomic E-state index is 0.639. The minimum atomic E-state index is 0.639. The molecule has 0 spiro atoms. The molecule has 0 aliphatic heterocycles. The molecule has 0 aliphatic carbocycles. The van der Waals surface area contributed by atoms with Gasteiger partial charge < -0.3 is 19.9 Å². The van der Waals surface area contributed by atoms with Crippen LogP contribution >= 0.6 is 0 Å². The predicted molar refractivity (Wildman–Crippen MR) is 99.0 cm³/mol. The number of benzene rings is 1. The lowest BCUT2D eigenvalue weighted by atomic mass is 10.1. The Kier molecular flexibility index (Phi) is 7.90. The summed E-state index contributed by atoms with van der Waals surface area (Å²) >= 11 is 0. The molecule has 0 bridgehead atoms. The summed E-state index contributed by atoms with van der Waals surface area (Å²) in [7, 11) is 0. The summed E-state index contributed by atoms with van der Waals surface area (Å²) in [4.78, 5) is 4.70. The number of guanidine groups is 1. The molecule has 0 atom stereocenters. The molecular weight excluding hydrogens is 300 g/mol. The van der Waals surface area contributed by atoms with Gasteiger partial charge in [-0.2, -0.15) is 0 Å². The van der Waals surface area contributed by atoms with Gasteiger partial charge in [0.1, 0.15) is 0 Å². The fourth-order valence-corrected chi connectivity index (χ4v) is 2.39. The van der Waals surface area contributed by atoms with Crippen LogP contribution in [0.5, 0.6) is 0 Å². The van der Waals surface area contributed by atoms with E-state index in [2.05, 4.69) is 46.7 Å². The summed E-state index contributed by atoms with van der Waals surface area (Å²) in [6.45, 7) is 8.68. The zero-order chi connectivity index (χ0) is 17.0. The van der Waals surface area contributed by atoms with Crippen molar-refractivity contribution in [2.24, 2.45) is 4.99 Å². The molecule has 1 aromatic carbocycles. The summed E-state index contributed by atoms with van der Waals surface area (Å²) in [6.07, 6.45) is 4.13. The summed E-state index contributed by atoms with van der Waals surface area (Å²) < 4.78 is 7.69. The van der Waals surface area contributed by atoms with Gasteiger partial charge in [0, 0.05) is 38.6 Å². The zero-order valence-corrected chi connectivity index (χ0v) is 14.7. The highest BCUT2D eigenvalue weighted by Crippen LogP contribution is 2.11. The van der Waals surface area contributed by atoms with Gasteiger partial charge in [-0.3, -0.25) is 0 Å². The first-order valence-electron chi connectivity index (χ1n) is 8.61. The molecule has 0 unspecified atom stereocenters. The van der Waals surface area contributed by atoms with Crippen molar-refractivity contribution in [2.75, 3.05) is 19.7 Å². The van der Waals surface area contributed by atoms with E-state index in [-0.39, 0.29) is 0 Å². The van der Waals surface area contributed by atoms with E-state index in [4.69, 9.17) is 9.73 Å². The molecule has 2 N–H and O–H groups in total. The summed E-state index contributed by atoms with van der Waals surface area (Å²) in [5, 5.41) is 6.67. The molecule has 0 fully saturated rings. The van der Waals surface area contributed by atoms with E-state index in [0.29, 0.717) is 13.2 Å². The third-order valence-electron chi connectivity index (χ3n) is 3.66. The SMILES string of the molecule is CCNC(=NCc1ccccc1COCC)NCCn1cccc1. The van der Waals surface area contributed by atoms with Crippen LogP contribution in [-0.2, 0) is 24.4 Å². The molecule has 0 saturated carbocycles. The summed E-state index contributed by atoms with van der Waals surface area (Å²) in [5.74, 6) is 0.843. The quantitative estimate of drug-likeness (QED) is 0.550. The van der Waals surface area contributed by atoms with Crippen molar-refractivity contribution in [1.29, 1.82) is 0 Å². The highest BCUT2D eigenvalue weighted by atomic mass is 16.5. The van der Waals surface area contributed by atoms with E-state index < -0.39 is 0 Å². The second-order valence-corrected chi connectivity index (χ2v) is 5.45. The number of aliphatic imine (C=N–C) groups is 1. The van der Waals surface area contributed by atoms with Crippen molar-refractivity contribution in [3.63, 3.8) is 0 Å². The maximum atomic E-state index is 5.54. The van der Waals surface area contributed by atoms with Gasteiger partial charge in [0.05, 0.1) is 13.2 Å². The zero-order valence-electron chi connectivity index (χ0n) is 14.7. The molecular formula is C19H28N4O. The summed E-state index contributed by atoms with van der Waals surface area (Å²) in [6, 6.07) is 12.4. The van der Waals surface area contributed by atoms with E-state index >= 15 is 0 Å². The van der Waals surface area contributed by atoms with Crippen LogP contribution in [0.1, 0.15) is 25.0 Å². The molecule has 24 heavy (non-hydrogen) atoms. The van der Waals surface area contributed by atoms with Gasteiger partial charge in [0.15, 0.2) is 5.96 Å². The second-order valence-electron chi connectivity index (χ2n) is 5.45. The van der Waals surface area contributed by atoms with Crippen LogP contribution in [-0.4, -0.2) is 30.2 Å². The second kappa shape index (κ2) is 10.5. The Balaban J connectivity index is 1.92. The van der Waals surface area contributed by atoms with Crippen LogP contribution in [0.25, 0.3) is 0 Å². The molecule has 5 heteroatoms. The lowest BCUT2D eigenvalue weighted by molar-refractivity contribution is 0.133. The monoisotopic (exact) mass is 328 g/mol. The van der Waals surface area contributed by atoms with Crippen LogP contribution in [0.3, 0.4) is 0 Å². The van der Waals surface area contributed by atoms with Gasteiger partial charge in [-0.15, -0.1) is 0 Å². The Labute approximate surface area is 144 Å². The van der Waals surface area contributed by atoms with Gasteiger partial charge in [0.25, 0.3) is 0 Å². The Morgan fingerprint density at radius 3 is 2.50 bits per heavy atom. The minimum Gasteiger partial charge on any atom is -0.377 e. The Morgan fingerprint density at radius 1 is 1.04 bits per heavy atom. The van der Waals surface area contributed by atoms with Crippen LogP contribution in [0.15, 0.2) is 53.8 Å². The fraction of sp³-hybridized carbons (Fsp3) is 0.421. The number of hydrogen-bond donors (Lipinski definition) is 2. The fourth-order valence-electron chi connectivity index (χ4n) is 2.39. The molecule has 0 radical (unpaired) electrons. The van der Waals surface area contributed by atoms with Crippen LogP contribution in [0, 0.1) is 0 Å². The standard InChI is InChI=1S/C19H28N4O/c1-3-20-19(21-11-14-23-12-7-8-13-23)22-15-17-9-5-6-10-18(17)16-24-4-2/h5-10,12-13H,3-4,11,14-16H2,1-2H3,(H2,20,21,22). The largest absolute Gasteiger partial charge is 0.377 e. The molecule has 0 amide bonds. The molecule has 1 heterocycles. The third kappa shape index (κ3) is 6.08. The lowest BCUT2D eigenvalue weighted by Crippen LogP contribution is -2.38. The van der Waals surface area contributed by atoms with Gasteiger partial charge in [-0.1, -0.05) is 24.3 Å². The van der Waals surface area contributed by atoms with Crippen molar-refractivity contribution in [1.82, 2.24) is 15.2 Å². The van der Waals surface area contributed by atoms with E-state index in [9.17, 15) is 0 Å². The average Bonchev–Trinajstić information content (AvgIpc) is 3.12. The third-order valence-corrected chi connectivity index (χ3v) is 3.66. The van der Waals surface area contributed by atoms with Crippen molar-refractivity contribution in [3.8, 4) is 0 Å². The van der Waals surface area contributed by atoms with Crippen molar-refractivity contribution in [2.45, 2.75) is 33.5 Å². The van der Waals surface area contributed by atoms with Gasteiger partial charge >= 0.3 is 0 Å². The molecule has 130 valence electrons. The van der Waals surface area contributed by atoms with Gasteiger partial charge in [0.2, 0.25) is 0 Å². The van der Waals surface area contributed by atoms with Crippen molar-refractivity contribution < 1.29 is 4.74 Å². The first-order chi connectivity index (χ1) is 11.8. The first kappa shape index (κ1) is 18.1.